The van der Waals surface area contributed by atoms with Crippen molar-refractivity contribution < 1.29 is 23.9 Å². The summed E-state index contributed by atoms with van der Waals surface area (Å²) in [6, 6.07) is -0.311. The van der Waals surface area contributed by atoms with E-state index in [-0.39, 0.29) is 43.2 Å². The highest BCUT2D eigenvalue weighted by Crippen LogP contribution is 2.43. The second-order valence-electron chi connectivity index (χ2n) is 10.6. The monoisotopic (exact) mass is 519 g/mol. The first kappa shape index (κ1) is 27.8. The number of ketones is 2. The molecule has 1 heterocycles. The van der Waals surface area contributed by atoms with Gasteiger partial charge in [0.25, 0.3) is 0 Å². The number of halogens is 3. The molecular weight excluding hydrogens is 482 g/mol. The van der Waals surface area contributed by atoms with Gasteiger partial charge in [-0.25, -0.2) is 4.39 Å². The van der Waals surface area contributed by atoms with E-state index < -0.39 is 35.7 Å². The van der Waals surface area contributed by atoms with Crippen molar-refractivity contribution in [2.45, 2.75) is 70.6 Å². The van der Waals surface area contributed by atoms with Gasteiger partial charge in [0.05, 0.1) is 17.8 Å². The van der Waals surface area contributed by atoms with E-state index in [0.717, 1.165) is 45.3 Å². The van der Waals surface area contributed by atoms with Crippen LogP contribution < -0.4 is 5.11 Å². The molecule has 34 heavy (non-hydrogen) atoms. The van der Waals surface area contributed by atoms with Crippen LogP contribution in [0.1, 0.15) is 52.4 Å². The molecule has 0 N–H and O–H groups in total. The van der Waals surface area contributed by atoms with Gasteiger partial charge in [-0.15, -0.1) is 23.2 Å². The topological polar surface area (TPSA) is 80.8 Å². The molecule has 3 aliphatic rings. The first-order chi connectivity index (χ1) is 16.2. The van der Waals surface area contributed by atoms with Crippen LogP contribution in [0.5, 0.6) is 0 Å². The van der Waals surface area contributed by atoms with Gasteiger partial charge in [-0.1, -0.05) is 6.42 Å². The van der Waals surface area contributed by atoms with Crippen molar-refractivity contribution in [3.05, 3.63) is 0 Å². The number of Topliss-reactive ketones (excluding diaryl/α,β-unsaturated/α-hetero) is 2. The Balaban J connectivity index is 1.69. The summed E-state index contributed by atoms with van der Waals surface area (Å²) in [5.74, 6) is -3.27. The number of hydrogen-bond donors (Lipinski definition) is 0. The number of carboxylic acids is 1. The third kappa shape index (κ3) is 6.32. The molecule has 2 aliphatic carbocycles. The van der Waals surface area contributed by atoms with Crippen molar-refractivity contribution >= 4 is 40.7 Å². The molecule has 9 heteroatoms. The van der Waals surface area contributed by atoms with Crippen LogP contribution in [0.15, 0.2) is 0 Å². The maximum atomic E-state index is 15.4. The fourth-order valence-corrected chi connectivity index (χ4v) is 6.98. The van der Waals surface area contributed by atoms with Crippen LogP contribution >= 0.6 is 23.2 Å². The normalized spacial score (nSPS) is 34.9. The van der Waals surface area contributed by atoms with Gasteiger partial charge in [0.2, 0.25) is 0 Å². The van der Waals surface area contributed by atoms with Crippen molar-refractivity contribution in [1.82, 2.24) is 9.80 Å². The third-order valence-corrected chi connectivity index (χ3v) is 8.56. The lowest BCUT2D eigenvalue weighted by atomic mass is 9.66. The zero-order valence-corrected chi connectivity index (χ0v) is 21.8. The molecule has 0 radical (unpaired) electrons. The fraction of sp³-hybridized carbons (Fsp3) is 0.880. The molecule has 7 unspecified atom stereocenters. The molecule has 0 aromatic carbocycles. The largest absolute Gasteiger partial charge is 0.549 e. The number of alkyl halides is 3. The number of hydrogen-bond acceptors (Lipinski definition) is 6. The van der Waals surface area contributed by atoms with Gasteiger partial charge in [-0.2, -0.15) is 0 Å². The molecule has 0 amide bonds. The predicted octanol–water partition coefficient (Wildman–Crippen LogP) is 2.53. The number of likely N-dealkylation sites (tertiary alicyclic amines) is 1. The molecule has 6 nitrogen and oxygen atoms in total. The Morgan fingerprint density at radius 1 is 1.15 bits per heavy atom. The predicted molar refractivity (Wildman–Crippen MR) is 129 cm³/mol. The Morgan fingerprint density at radius 2 is 1.82 bits per heavy atom. The number of rotatable bonds is 10. The van der Waals surface area contributed by atoms with Crippen molar-refractivity contribution in [3.63, 3.8) is 0 Å². The quantitative estimate of drug-likeness (QED) is 0.326. The summed E-state index contributed by atoms with van der Waals surface area (Å²) >= 11 is 11.9. The highest BCUT2D eigenvalue weighted by atomic mass is 35.5. The van der Waals surface area contributed by atoms with Crippen LogP contribution in [0.3, 0.4) is 0 Å². The number of carbonyl (C=O) groups is 3. The molecule has 1 saturated heterocycles. The molecule has 3 rings (SSSR count). The van der Waals surface area contributed by atoms with Gasteiger partial charge in [-0.05, 0) is 51.9 Å². The first-order valence-electron chi connectivity index (χ1n) is 12.7. The second-order valence-corrected chi connectivity index (χ2v) is 11.4. The summed E-state index contributed by atoms with van der Waals surface area (Å²) in [6.45, 7) is 6.31. The second kappa shape index (κ2) is 12.5. The lowest BCUT2D eigenvalue weighted by molar-refractivity contribution is -0.311. The third-order valence-electron chi connectivity index (χ3n) is 8.22. The van der Waals surface area contributed by atoms with Crippen LogP contribution in [-0.2, 0) is 14.4 Å². The Hall–Kier alpha value is -0.760. The van der Waals surface area contributed by atoms with E-state index in [1.165, 1.54) is 0 Å². The highest BCUT2D eigenvalue weighted by Gasteiger charge is 2.51. The SMILES string of the molecule is CC(C)N1CC(C(=O)[O-])C(=O)C2CC(F)C(C(=O)C3CCCC(CN(CCCl)CCCl)C3)CC21. The summed E-state index contributed by atoms with van der Waals surface area (Å²) in [5, 5.41) is 11.5. The minimum atomic E-state index is -1.42. The Morgan fingerprint density at radius 3 is 2.41 bits per heavy atom. The van der Waals surface area contributed by atoms with E-state index in [2.05, 4.69) is 4.90 Å². The Kier molecular flexibility index (Phi) is 10.2. The maximum absolute atomic E-state index is 15.4. The molecule has 7 atom stereocenters. The van der Waals surface area contributed by atoms with Crippen LogP contribution in [0.4, 0.5) is 4.39 Å². The summed E-state index contributed by atoms with van der Waals surface area (Å²) in [7, 11) is 0. The molecular formula is C25H38Cl2FN2O4-. The van der Waals surface area contributed by atoms with E-state index in [4.69, 9.17) is 23.2 Å². The zero-order valence-electron chi connectivity index (χ0n) is 20.3. The molecule has 2 saturated carbocycles. The maximum Gasteiger partial charge on any atom is 0.147 e. The average molecular weight is 520 g/mol. The first-order valence-corrected chi connectivity index (χ1v) is 13.8. The van der Waals surface area contributed by atoms with Crippen LogP contribution in [-0.4, -0.2) is 83.5 Å². The zero-order chi connectivity index (χ0) is 25.0. The standard InChI is InChI=1S/C25H39Cl2FN2O4/c1-15(2)30-14-20(25(33)34)24(32)19-11-21(28)18(12-22(19)30)23(31)17-5-3-4-16(10-17)13-29(8-6-26)9-7-27/h15-22H,3-14H2,1-2H3,(H,33,34)/p-1. The van der Waals surface area contributed by atoms with E-state index in [0.29, 0.717) is 17.7 Å². The summed E-state index contributed by atoms with van der Waals surface area (Å²) in [4.78, 5) is 42.1. The lowest BCUT2D eigenvalue weighted by Gasteiger charge is -2.50. The van der Waals surface area contributed by atoms with E-state index in [1.807, 2.05) is 18.7 Å². The van der Waals surface area contributed by atoms with Crippen molar-refractivity contribution in [2.24, 2.45) is 29.6 Å². The van der Waals surface area contributed by atoms with Gasteiger partial charge in [-0.3, -0.25) is 14.5 Å². The Bertz CT molecular complexity index is 734. The number of carboxylic acid groups (broad SMARTS) is 1. The fourth-order valence-electron chi connectivity index (χ4n) is 6.50. The van der Waals surface area contributed by atoms with Gasteiger partial charge in [0.15, 0.2) is 0 Å². The number of carbonyl (C=O) groups excluding carboxylic acids is 3. The number of fused-ring (bicyclic) bond motifs is 1. The van der Waals surface area contributed by atoms with Crippen LogP contribution in [0.2, 0.25) is 0 Å². The van der Waals surface area contributed by atoms with E-state index in [1.54, 1.807) is 0 Å². The Labute approximate surface area is 212 Å². The lowest BCUT2D eigenvalue weighted by Crippen LogP contribution is -2.63. The van der Waals surface area contributed by atoms with Crippen LogP contribution in [0, 0.1) is 29.6 Å². The smallest absolute Gasteiger partial charge is 0.147 e. The van der Waals surface area contributed by atoms with Gasteiger partial charge in [0.1, 0.15) is 17.7 Å². The summed E-state index contributed by atoms with van der Waals surface area (Å²) in [6.07, 6.45) is 2.28. The minimum absolute atomic E-state index is 0.0109. The number of piperidine rings is 1. The van der Waals surface area contributed by atoms with Crippen LogP contribution in [0.25, 0.3) is 0 Å². The van der Waals surface area contributed by atoms with E-state index >= 15 is 4.39 Å². The molecule has 0 aromatic rings. The summed E-state index contributed by atoms with van der Waals surface area (Å²) in [5.41, 5.74) is 0. The molecule has 3 fully saturated rings. The van der Waals surface area contributed by atoms with Gasteiger partial charge < -0.3 is 14.8 Å². The molecule has 0 bridgehead atoms. The average Bonchev–Trinajstić information content (AvgIpc) is 2.79. The van der Waals surface area contributed by atoms with Crippen molar-refractivity contribution in [3.8, 4) is 0 Å². The summed E-state index contributed by atoms with van der Waals surface area (Å²) < 4.78 is 15.4. The molecule has 0 spiro atoms. The van der Waals surface area contributed by atoms with Crippen molar-refractivity contribution in [2.75, 3.05) is 37.9 Å². The molecule has 194 valence electrons. The highest BCUT2D eigenvalue weighted by molar-refractivity contribution is 6.18. The van der Waals surface area contributed by atoms with E-state index in [9.17, 15) is 19.5 Å². The number of nitrogens with zero attached hydrogens (tertiary/aromatic N) is 2. The molecule has 0 aromatic heterocycles. The minimum Gasteiger partial charge on any atom is -0.549 e. The number of aliphatic carboxylic acids is 1. The van der Waals surface area contributed by atoms with Gasteiger partial charge in [0, 0.05) is 61.9 Å². The molecule has 1 aliphatic heterocycles. The van der Waals surface area contributed by atoms with Gasteiger partial charge >= 0.3 is 0 Å². The van der Waals surface area contributed by atoms with Crippen molar-refractivity contribution in [1.29, 1.82) is 0 Å².